The molecular formula is C16H17BrO4. The van der Waals surface area contributed by atoms with Crippen LogP contribution < -0.4 is 4.74 Å². The van der Waals surface area contributed by atoms with Crippen molar-refractivity contribution in [2.24, 2.45) is 0 Å². The topological polar surface area (TPSA) is 48.7 Å². The Balaban J connectivity index is 2.13. The number of carbonyl (C=O) groups is 1. The van der Waals surface area contributed by atoms with Gasteiger partial charge in [-0.15, -0.1) is 0 Å². The Labute approximate surface area is 132 Å². The number of ether oxygens (including phenoxy) is 2. The summed E-state index contributed by atoms with van der Waals surface area (Å²) in [6.07, 6.45) is 0.767. The largest absolute Gasteiger partial charge is 0.490 e. The SMILES string of the molecule is CCc1ccc(C(=O)c2ccc(OCCOC)c(Br)c2)o1. The lowest BCUT2D eigenvalue weighted by atomic mass is 10.1. The lowest BCUT2D eigenvalue weighted by Gasteiger charge is -2.08. The molecular weight excluding hydrogens is 336 g/mol. The number of carbonyl (C=O) groups excluding carboxylic acids is 1. The minimum Gasteiger partial charge on any atom is -0.490 e. The lowest BCUT2D eigenvalue weighted by Crippen LogP contribution is -2.05. The van der Waals surface area contributed by atoms with E-state index in [1.165, 1.54) is 0 Å². The van der Waals surface area contributed by atoms with Crippen LogP contribution in [-0.4, -0.2) is 26.1 Å². The van der Waals surface area contributed by atoms with E-state index in [4.69, 9.17) is 13.9 Å². The van der Waals surface area contributed by atoms with Crippen LogP contribution in [0.25, 0.3) is 0 Å². The van der Waals surface area contributed by atoms with E-state index in [1.54, 1.807) is 31.4 Å². The Kier molecular flexibility index (Phi) is 5.59. The first kappa shape index (κ1) is 15.8. The molecule has 112 valence electrons. The van der Waals surface area contributed by atoms with Gasteiger partial charge in [-0.1, -0.05) is 6.92 Å². The van der Waals surface area contributed by atoms with Gasteiger partial charge >= 0.3 is 0 Å². The van der Waals surface area contributed by atoms with Crippen molar-refractivity contribution in [3.63, 3.8) is 0 Å². The van der Waals surface area contributed by atoms with E-state index in [0.29, 0.717) is 30.3 Å². The highest BCUT2D eigenvalue weighted by Gasteiger charge is 2.15. The number of halogens is 1. The van der Waals surface area contributed by atoms with Crippen LogP contribution in [0.2, 0.25) is 0 Å². The second kappa shape index (κ2) is 7.43. The molecule has 1 aromatic heterocycles. The predicted molar refractivity (Wildman–Crippen MR) is 83.0 cm³/mol. The summed E-state index contributed by atoms with van der Waals surface area (Å²) in [5, 5.41) is 0. The molecule has 0 atom stereocenters. The number of aryl methyl sites for hydroxylation is 1. The van der Waals surface area contributed by atoms with Crippen LogP contribution in [0.5, 0.6) is 5.75 Å². The van der Waals surface area contributed by atoms with Crippen LogP contribution >= 0.6 is 15.9 Å². The van der Waals surface area contributed by atoms with Crippen molar-refractivity contribution in [2.75, 3.05) is 20.3 Å². The molecule has 5 heteroatoms. The average Bonchev–Trinajstić information content (AvgIpc) is 2.97. The molecule has 4 nitrogen and oxygen atoms in total. The summed E-state index contributed by atoms with van der Waals surface area (Å²) >= 11 is 3.41. The number of rotatable bonds is 7. The molecule has 0 saturated heterocycles. The molecule has 0 aliphatic rings. The summed E-state index contributed by atoms with van der Waals surface area (Å²) in [6.45, 7) is 2.95. The highest BCUT2D eigenvalue weighted by atomic mass is 79.9. The summed E-state index contributed by atoms with van der Waals surface area (Å²) in [5.74, 6) is 1.69. The lowest BCUT2D eigenvalue weighted by molar-refractivity contribution is 0.101. The Bertz CT molecular complexity index is 618. The summed E-state index contributed by atoms with van der Waals surface area (Å²) in [6, 6.07) is 8.75. The van der Waals surface area contributed by atoms with E-state index in [0.717, 1.165) is 16.7 Å². The van der Waals surface area contributed by atoms with Crippen molar-refractivity contribution in [2.45, 2.75) is 13.3 Å². The highest BCUT2D eigenvalue weighted by molar-refractivity contribution is 9.10. The fourth-order valence-corrected chi connectivity index (χ4v) is 2.32. The molecule has 0 N–H and O–H groups in total. The van der Waals surface area contributed by atoms with Gasteiger partial charge in [-0.3, -0.25) is 4.79 Å². The Morgan fingerprint density at radius 1 is 1.24 bits per heavy atom. The zero-order chi connectivity index (χ0) is 15.2. The van der Waals surface area contributed by atoms with Crippen molar-refractivity contribution in [1.29, 1.82) is 0 Å². The van der Waals surface area contributed by atoms with E-state index >= 15 is 0 Å². The first-order valence-electron chi connectivity index (χ1n) is 6.70. The Morgan fingerprint density at radius 2 is 2.05 bits per heavy atom. The van der Waals surface area contributed by atoms with Crippen LogP contribution in [0.4, 0.5) is 0 Å². The maximum absolute atomic E-state index is 12.3. The molecule has 0 radical (unpaired) electrons. The van der Waals surface area contributed by atoms with E-state index in [2.05, 4.69) is 15.9 Å². The number of methoxy groups -OCH3 is 1. The second-order valence-corrected chi connectivity index (χ2v) is 5.29. The first-order valence-corrected chi connectivity index (χ1v) is 7.49. The third kappa shape index (κ3) is 3.95. The van der Waals surface area contributed by atoms with Crippen LogP contribution in [0.1, 0.15) is 28.8 Å². The molecule has 2 aromatic rings. The summed E-state index contributed by atoms with van der Waals surface area (Å²) in [5.41, 5.74) is 0.554. The van der Waals surface area contributed by atoms with Crippen LogP contribution in [0.3, 0.4) is 0 Å². The molecule has 0 spiro atoms. The number of hydrogen-bond acceptors (Lipinski definition) is 4. The molecule has 0 unspecified atom stereocenters. The number of benzene rings is 1. The molecule has 1 aromatic carbocycles. The smallest absolute Gasteiger partial charge is 0.228 e. The number of furan rings is 1. The van der Waals surface area contributed by atoms with E-state index in [1.807, 2.05) is 13.0 Å². The van der Waals surface area contributed by atoms with Crippen LogP contribution in [-0.2, 0) is 11.2 Å². The third-order valence-electron chi connectivity index (χ3n) is 2.97. The van der Waals surface area contributed by atoms with Gasteiger partial charge in [-0.2, -0.15) is 0 Å². The number of hydrogen-bond donors (Lipinski definition) is 0. The van der Waals surface area contributed by atoms with Crippen molar-refractivity contribution in [3.05, 3.63) is 51.9 Å². The normalized spacial score (nSPS) is 10.6. The summed E-state index contributed by atoms with van der Waals surface area (Å²) in [4.78, 5) is 12.3. The van der Waals surface area contributed by atoms with Crippen molar-refractivity contribution in [3.8, 4) is 5.75 Å². The van der Waals surface area contributed by atoms with E-state index in [-0.39, 0.29) is 5.78 Å². The second-order valence-electron chi connectivity index (χ2n) is 4.44. The zero-order valence-corrected chi connectivity index (χ0v) is 13.6. The molecule has 2 rings (SSSR count). The van der Waals surface area contributed by atoms with Crippen LogP contribution in [0, 0.1) is 0 Å². The fourth-order valence-electron chi connectivity index (χ4n) is 1.83. The van der Waals surface area contributed by atoms with Crippen LogP contribution in [0.15, 0.2) is 39.2 Å². The van der Waals surface area contributed by atoms with Gasteiger partial charge in [0, 0.05) is 19.1 Å². The van der Waals surface area contributed by atoms with Gasteiger partial charge in [0.2, 0.25) is 5.78 Å². The summed E-state index contributed by atoms with van der Waals surface area (Å²) in [7, 11) is 1.62. The molecule has 0 fully saturated rings. The number of ketones is 1. The Hall–Kier alpha value is -1.59. The molecule has 0 saturated carbocycles. The van der Waals surface area contributed by atoms with Crippen molar-refractivity contribution < 1.29 is 18.7 Å². The van der Waals surface area contributed by atoms with Gasteiger partial charge in [0.15, 0.2) is 5.76 Å². The third-order valence-corrected chi connectivity index (χ3v) is 3.59. The molecule has 1 heterocycles. The maximum Gasteiger partial charge on any atom is 0.228 e. The minimum absolute atomic E-state index is 0.140. The van der Waals surface area contributed by atoms with Gasteiger partial charge < -0.3 is 13.9 Å². The fraction of sp³-hybridized carbons (Fsp3) is 0.312. The van der Waals surface area contributed by atoms with Gasteiger partial charge in [0.25, 0.3) is 0 Å². The predicted octanol–water partition coefficient (Wildman–Crippen LogP) is 3.86. The minimum atomic E-state index is -0.140. The molecule has 0 amide bonds. The van der Waals surface area contributed by atoms with Gasteiger partial charge in [-0.25, -0.2) is 0 Å². The Morgan fingerprint density at radius 3 is 2.67 bits per heavy atom. The van der Waals surface area contributed by atoms with Crippen molar-refractivity contribution in [1.82, 2.24) is 0 Å². The van der Waals surface area contributed by atoms with Crippen molar-refractivity contribution >= 4 is 21.7 Å². The van der Waals surface area contributed by atoms with Gasteiger partial charge in [-0.05, 0) is 46.3 Å². The monoisotopic (exact) mass is 352 g/mol. The highest BCUT2D eigenvalue weighted by Crippen LogP contribution is 2.27. The molecule has 0 bridgehead atoms. The first-order chi connectivity index (χ1) is 10.2. The van der Waals surface area contributed by atoms with E-state index < -0.39 is 0 Å². The standard InChI is InChI=1S/C16H17BrO4/c1-3-12-5-7-15(21-12)16(18)11-4-6-14(13(17)10-11)20-9-8-19-2/h4-7,10H,3,8-9H2,1-2H3. The van der Waals surface area contributed by atoms with Gasteiger partial charge in [0.05, 0.1) is 11.1 Å². The maximum atomic E-state index is 12.3. The van der Waals surface area contributed by atoms with E-state index in [9.17, 15) is 4.79 Å². The molecule has 0 aliphatic carbocycles. The van der Waals surface area contributed by atoms with Gasteiger partial charge in [0.1, 0.15) is 18.1 Å². The quantitative estimate of drug-likeness (QED) is 0.560. The molecule has 0 aliphatic heterocycles. The molecule has 21 heavy (non-hydrogen) atoms. The zero-order valence-electron chi connectivity index (χ0n) is 12.0. The summed E-state index contributed by atoms with van der Waals surface area (Å²) < 4.78 is 16.7. The average molecular weight is 353 g/mol.